The number of carbonyl (C=O) groups excluding carboxylic acids is 1. The highest BCUT2D eigenvalue weighted by atomic mass is 35.5. The minimum atomic E-state index is -0.408. The molecule has 0 radical (unpaired) electrons. The van der Waals surface area contributed by atoms with E-state index in [1.807, 2.05) is 36.4 Å². The maximum absolute atomic E-state index is 13.0. The molecule has 0 saturated carbocycles. The molecule has 1 N–H and O–H groups in total. The van der Waals surface area contributed by atoms with Crippen molar-refractivity contribution in [3.8, 4) is 0 Å². The summed E-state index contributed by atoms with van der Waals surface area (Å²) in [5, 5.41) is 3.96. The average molecular weight is 328 g/mol. The normalized spacial score (nSPS) is 23.3. The van der Waals surface area contributed by atoms with E-state index >= 15 is 0 Å². The summed E-state index contributed by atoms with van der Waals surface area (Å²) in [6.07, 6.45) is 2.68. The number of rotatable bonds is 4. The fraction of sp³-hybridized carbons (Fsp3) is 0.350. The second-order valence-corrected chi connectivity index (χ2v) is 6.67. The first-order valence-electron chi connectivity index (χ1n) is 8.28. The summed E-state index contributed by atoms with van der Waals surface area (Å²) in [5.74, 6) is 0.139. The standard InChI is InChI=1S/C20H22ClNO/c1-3-13-20(4-2)17-8-6-5-7-16(17)18(22-19(20)23)14-9-11-15(21)12-10-14/h5-12,18H,3-4,13H2,1-2H3,(H,22,23). The molecule has 1 heterocycles. The Hall–Kier alpha value is -1.80. The van der Waals surface area contributed by atoms with Crippen LogP contribution in [0.25, 0.3) is 0 Å². The quantitative estimate of drug-likeness (QED) is 0.840. The van der Waals surface area contributed by atoms with Gasteiger partial charge in [0.25, 0.3) is 0 Å². The molecule has 23 heavy (non-hydrogen) atoms. The molecule has 0 bridgehead atoms. The molecule has 0 spiro atoms. The van der Waals surface area contributed by atoms with Gasteiger partial charge in [-0.05, 0) is 41.7 Å². The van der Waals surface area contributed by atoms with Crippen molar-refractivity contribution in [2.75, 3.05) is 0 Å². The van der Waals surface area contributed by atoms with Gasteiger partial charge in [0.2, 0.25) is 5.91 Å². The van der Waals surface area contributed by atoms with Crippen molar-refractivity contribution in [1.29, 1.82) is 0 Å². The van der Waals surface area contributed by atoms with Crippen LogP contribution < -0.4 is 5.32 Å². The molecule has 2 nitrogen and oxygen atoms in total. The smallest absolute Gasteiger partial charge is 0.231 e. The number of nitrogens with one attached hydrogen (secondary N) is 1. The van der Waals surface area contributed by atoms with Gasteiger partial charge in [0.05, 0.1) is 11.5 Å². The number of amides is 1. The van der Waals surface area contributed by atoms with Crippen molar-refractivity contribution in [2.45, 2.75) is 44.6 Å². The van der Waals surface area contributed by atoms with Gasteiger partial charge < -0.3 is 5.32 Å². The third kappa shape index (κ3) is 2.66. The molecular weight excluding hydrogens is 306 g/mol. The van der Waals surface area contributed by atoms with Crippen LogP contribution in [0.5, 0.6) is 0 Å². The summed E-state index contributed by atoms with van der Waals surface area (Å²) in [4.78, 5) is 13.0. The number of carbonyl (C=O) groups is 1. The molecule has 2 aromatic rings. The lowest BCUT2D eigenvalue weighted by atomic mass is 9.68. The summed E-state index contributed by atoms with van der Waals surface area (Å²) in [6, 6.07) is 16.0. The highest BCUT2D eigenvalue weighted by Gasteiger charge is 2.44. The minimum Gasteiger partial charge on any atom is -0.344 e. The zero-order chi connectivity index (χ0) is 16.4. The van der Waals surface area contributed by atoms with Crippen LogP contribution in [-0.4, -0.2) is 5.91 Å². The zero-order valence-corrected chi connectivity index (χ0v) is 14.4. The van der Waals surface area contributed by atoms with Crippen molar-refractivity contribution in [3.05, 3.63) is 70.2 Å². The van der Waals surface area contributed by atoms with E-state index < -0.39 is 5.41 Å². The van der Waals surface area contributed by atoms with E-state index in [4.69, 9.17) is 11.6 Å². The lowest BCUT2D eigenvalue weighted by Crippen LogP contribution is -2.50. The van der Waals surface area contributed by atoms with Crippen molar-refractivity contribution in [3.63, 3.8) is 0 Å². The maximum atomic E-state index is 13.0. The number of halogens is 1. The van der Waals surface area contributed by atoms with Crippen LogP contribution >= 0.6 is 11.6 Å². The number of hydrogen-bond acceptors (Lipinski definition) is 1. The third-order valence-corrected chi connectivity index (χ3v) is 5.23. The van der Waals surface area contributed by atoms with Crippen LogP contribution in [0.4, 0.5) is 0 Å². The topological polar surface area (TPSA) is 29.1 Å². The molecule has 1 amide bonds. The molecule has 2 unspecified atom stereocenters. The van der Waals surface area contributed by atoms with Crippen LogP contribution in [0.15, 0.2) is 48.5 Å². The predicted molar refractivity (Wildman–Crippen MR) is 94.8 cm³/mol. The Balaban J connectivity index is 2.14. The first-order chi connectivity index (χ1) is 11.1. The Morgan fingerprint density at radius 3 is 2.43 bits per heavy atom. The average Bonchev–Trinajstić information content (AvgIpc) is 2.58. The maximum Gasteiger partial charge on any atom is 0.231 e. The Bertz CT molecular complexity index is 710. The zero-order valence-electron chi connectivity index (χ0n) is 13.6. The summed E-state index contributed by atoms with van der Waals surface area (Å²) in [6.45, 7) is 4.24. The van der Waals surface area contributed by atoms with E-state index in [1.165, 1.54) is 11.1 Å². The first kappa shape index (κ1) is 16.1. The van der Waals surface area contributed by atoms with Gasteiger partial charge in [-0.3, -0.25) is 4.79 Å². The summed E-state index contributed by atoms with van der Waals surface area (Å²) in [7, 11) is 0. The molecule has 0 saturated heterocycles. The van der Waals surface area contributed by atoms with Crippen molar-refractivity contribution in [1.82, 2.24) is 5.32 Å². The second-order valence-electron chi connectivity index (χ2n) is 6.23. The van der Waals surface area contributed by atoms with Gasteiger partial charge in [-0.2, -0.15) is 0 Å². The highest BCUT2D eigenvalue weighted by Crippen LogP contribution is 2.43. The monoisotopic (exact) mass is 327 g/mol. The van der Waals surface area contributed by atoms with Crippen LogP contribution in [0.2, 0.25) is 5.02 Å². The fourth-order valence-electron chi connectivity index (χ4n) is 3.77. The van der Waals surface area contributed by atoms with Crippen molar-refractivity contribution < 1.29 is 4.79 Å². The van der Waals surface area contributed by atoms with Gasteiger partial charge in [0.1, 0.15) is 0 Å². The molecule has 2 atom stereocenters. The molecular formula is C20H22ClNO. The van der Waals surface area contributed by atoms with Gasteiger partial charge in [-0.1, -0.05) is 68.3 Å². The minimum absolute atomic E-state index is 0.104. The molecule has 0 aliphatic carbocycles. The van der Waals surface area contributed by atoms with Gasteiger partial charge in [-0.25, -0.2) is 0 Å². The van der Waals surface area contributed by atoms with Crippen LogP contribution in [0.3, 0.4) is 0 Å². The van der Waals surface area contributed by atoms with Gasteiger partial charge in [-0.15, -0.1) is 0 Å². The summed E-state index contributed by atoms with van der Waals surface area (Å²) in [5.41, 5.74) is 3.03. The Morgan fingerprint density at radius 1 is 1.09 bits per heavy atom. The van der Waals surface area contributed by atoms with Gasteiger partial charge >= 0.3 is 0 Å². The van der Waals surface area contributed by atoms with E-state index in [0.717, 1.165) is 24.8 Å². The van der Waals surface area contributed by atoms with E-state index in [1.54, 1.807) is 0 Å². The van der Waals surface area contributed by atoms with Gasteiger partial charge in [0.15, 0.2) is 0 Å². The third-order valence-electron chi connectivity index (χ3n) is 4.98. The molecule has 0 fully saturated rings. The molecule has 2 aromatic carbocycles. The number of fused-ring (bicyclic) bond motifs is 1. The van der Waals surface area contributed by atoms with E-state index in [9.17, 15) is 4.79 Å². The van der Waals surface area contributed by atoms with E-state index in [-0.39, 0.29) is 11.9 Å². The first-order valence-corrected chi connectivity index (χ1v) is 8.66. The van der Waals surface area contributed by atoms with Crippen molar-refractivity contribution in [2.24, 2.45) is 0 Å². The van der Waals surface area contributed by atoms with Crippen LogP contribution in [0, 0.1) is 0 Å². The predicted octanol–water partition coefficient (Wildman–Crippen LogP) is 5.01. The highest BCUT2D eigenvalue weighted by molar-refractivity contribution is 6.30. The summed E-state index contributed by atoms with van der Waals surface area (Å²) >= 11 is 6.00. The SMILES string of the molecule is CCCC1(CC)C(=O)NC(c2ccc(Cl)cc2)c2ccccc21. The van der Waals surface area contributed by atoms with E-state index in [2.05, 4.69) is 31.3 Å². The Kier molecular flexibility index (Phi) is 4.45. The molecule has 1 aliphatic rings. The fourth-order valence-corrected chi connectivity index (χ4v) is 3.90. The molecule has 0 aromatic heterocycles. The summed E-state index contributed by atoms with van der Waals surface area (Å²) < 4.78 is 0. The van der Waals surface area contributed by atoms with E-state index in [0.29, 0.717) is 5.02 Å². The Morgan fingerprint density at radius 2 is 1.78 bits per heavy atom. The second kappa shape index (κ2) is 6.37. The molecule has 120 valence electrons. The van der Waals surface area contributed by atoms with Crippen LogP contribution in [-0.2, 0) is 10.2 Å². The molecule has 3 rings (SSSR count). The molecule has 3 heteroatoms. The lowest BCUT2D eigenvalue weighted by Gasteiger charge is -2.41. The van der Waals surface area contributed by atoms with Crippen molar-refractivity contribution >= 4 is 17.5 Å². The lowest BCUT2D eigenvalue weighted by molar-refractivity contribution is -0.128. The number of benzene rings is 2. The molecule has 1 aliphatic heterocycles. The Labute approximate surface area is 142 Å². The van der Waals surface area contributed by atoms with Crippen LogP contribution in [0.1, 0.15) is 55.8 Å². The number of hydrogen-bond donors (Lipinski definition) is 1. The largest absolute Gasteiger partial charge is 0.344 e. The van der Waals surface area contributed by atoms with Gasteiger partial charge in [0, 0.05) is 5.02 Å².